The summed E-state index contributed by atoms with van der Waals surface area (Å²) in [5.41, 5.74) is 9.67. The number of nitrogens with zero attached hydrogens (tertiary/aromatic N) is 2. The van der Waals surface area contributed by atoms with Gasteiger partial charge in [0.25, 0.3) is 0 Å². The van der Waals surface area contributed by atoms with Crippen LogP contribution < -0.4 is 10.5 Å². The first-order valence-corrected chi connectivity index (χ1v) is 7.76. The lowest BCUT2D eigenvalue weighted by Crippen LogP contribution is -1.98. The largest absolute Gasteiger partial charge is 0.494 e. The van der Waals surface area contributed by atoms with Crippen molar-refractivity contribution in [3.8, 4) is 16.9 Å². The highest BCUT2D eigenvalue weighted by atomic mass is 16.5. The van der Waals surface area contributed by atoms with Gasteiger partial charge in [-0.05, 0) is 37.5 Å². The number of aryl methyl sites for hydroxylation is 1. The van der Waals surface area contributed by atoms with Crippen LogP contribution in [-0.4, -0.2) is 16.4 Å². The summed E-state index contributed by atoms with van der Waals surface area (Å²) in [6.45, 7) is 2.67. The fourth-order valence-electron chi connectivity index (χ4n) is 3.22. The molecule has 3 rings (SSSR count). The lowest BCUT2D eigenvalue weighted by molar-refractivity contribution is 0.340. The van der Waals surface area contributed by atoms with Crippen molar-refractivity contribution < 1.29 is 4.74 Å². The molecular weight excluding hydrogens is 262 g/mol. The van der Waals surface area contributed by atoms with Crippen molar-refractivity contribution in [1.82, 2.24) is 9.78 Å². The lowest BCUT2D eigenvalue weighted by atomic mass is 9.95. The first-order chi connectivity index (χ1) is 10.2. The van der Waals surface area contributed by atoms with Crippen molar-refractivity contribution in [1.29, 1.82) is 0 Å². The zero-order chi connectivity index (χ0) is 14.8. The first-order valence-electron chi connectivity index (χ1n) is 7.76. The van der Waals surface area contributed by atoms with Gasteiger partial charge in [0.2, 0.25) is 0 Å². The number of ether oxygens (including phenoxy) is 1. The summed E-state index contributed by atoms with van der Waals surface area (Å²) >= 11 is 0. The van der Waals surface area contributed by atoms with Crippen LogP contribution in [0.3, 0.4) is 0 Å². The van der Waals surface area contributed by atoms with Crippen LogP contribution >= 0.6 is 0 Å². The van der Waals surface area contributed by atoms with Gasteiger partial charge >= 0.3 is 0 Å². The second kappa shape index (κ2) is 5.80. The van der Waals surface area contributed by atoms with Gasteiger partial charge in [-0.1, -0.05) is 25.0 Å². The van der Waals surface area contributed by atoms with Crippen LogP contribution in [-0.2, 0) is 7.05 Å². The summed E-state index contributed by atoms with van der Waals surface area (Å²) in [4.78, 5) is 0. The number of benzene rings is 1. The average molecular weight is 285 g/mol. The molecule has 0 spiro atoms. The van der Waals surface area contributed by atoms with Crippen LogP contribution in [0.4, 0.5) is 5.82 Å². The number of hydrogen-bond donors (Lipinski definition) is 1. The molecule has 112 valence electrons. The summed E-state index contributed by atoms with van der Waals surface area (Å²) < 4.78 is 7.32. The van der Waals surface area contributed by atoms with E-state index in [1.54, 1.807) is 4.68 Å². The summed E-state index contributed by atoms with van der Waals surface area (Å²) in [6, 6.07) is 8.17. The van der Waals surface area contributed by atoms with E-state index in [1.807, 2.05) is 26.1 Å². The Balaban J connectivity index is 2.00. The zero-order valence-electron chi connectivity index (χ0n) is 12.8. The zero-order valence-corrected chi connectivity index (χ0v) is 12.8. The van der Waals surface area contributed by atoms with Gasteiger partial charge in [0.1, 0.15) is 11.6 Å². The van der Waals surface area contributed by atoms with E-state index in [4.69, 9.17) is 10.5 Å². The maximum absolute atomic E-state index is 6.27. The van der Waals surface area contributed by atoms with E-state index >= 15 is 0 Å². The van der Waals surface area contributed by atoms with E-state index in [9.17, 15) is 0 Å². The van der Waals surface area contributed by atoms with Gasteiger partial charge in [0, 0.05) is 18.5 Å². The Morgan fingerprint density at radius 3 is 2.52 bits per heavy atom. The molecule has 4 nitrogen and oxygen atoms in total. The Bertz CT molecular complexity index is 610. The number of rotatable bonds is 4. The summed E-state index contributed by atoms with van der Waals surface area (Å²) in [7, 11) is 1.92. The molecule has 1 saturated carbocycles. The Hall–Kier alpha value is -1.97. The van der Waals surface area contributed by atoms with Crippen molar-refractivity contribution in [3.05, 3.63) is 30.0 Å². The highest BCUT2D eigenvalue weighted by Crippen LogP contribution is 2.41. The second-order valence-corrected chi connectivity index (χ2v) is 5.71. The van der Waals surface area contributed by atoms with Crippen LogP contribution in [0.25, 0.3) is 11.1 Å². The van der Waals surface area contributed by atoms with Crippen LogP contribution in [0.2, 0.25) is 0 Å². The number of nitrogens with two attached hydrogens (primary N) is 1. The van der Waals surface area contributed by atoms with E-state index in [-0.39, 0.29) is 0 Å². The van der Waals surface area contributed by atoms with Crippen LogP contribution in [0.5, 0.6) is 5.75 Å². The third kappa shape index (κ3) is 2.62. The molecule has 0 radical (unpaired) electrons. The van der Waals surface area contributed by atoms with E-state index in [0.717, 1.165) is 28.4 Å². The molecule has 2 N–H and O–H groups in total. The maximum Gasteiger partial charge on any atom is 0.129 e. The van der Waals surface area contributed by atoms with Gasteiger partial charge in [0.15, 0.2) is 0 Å². The SMILES string of the molecule is CCOc1ccc(-c2c(C3CCCC3)nn(C)c2N)cc1. The van der Waals surface area contributed by atoms with Gasteiger partial charge in [0.05, 0.1) is 12.3 Å². The smallest absolute Gasteiger partial charge is 0.129 e. The fourth-order valence-corrected chi connectivity index (χ4v) is 3.22. The minimum Gasteiger partial charge on any atom is -0.494 e. The van der Waals surface area contributed by atoms with Crippen molar-refractivity contribution >= 4 is 5.82 Å². The average Bonchev–Trinajstić information content (AvgIpc) is 3.10. The van der Waals surface area contributed by atoms with E-state index in [0.29, 0.717) is 12.5 Å². The van der Waals surface area contributed by atoms with Gasteiger partial charge in [-0.2, -0.15) is 5.10 Å². The number of aromatic nitrogens is 2. The van der Waals surface area contributed by atoms with Gasteiger partial charge in [-0.3, -0.25) is 4.68 Å². The van der Waals surface area contributed by atoms with Crippen LogP contribution in [0, 0.1) is 0 Å². The molecule has 2 aromatic rings. The maximum atomic E-state index is 6.27. The highest BCUT2D eigenvalue weighted by Gasteiger charge is 2.26. The Kier molecular flexibility index (Phi) is 3.86. The molecule has 0 aliphatic heterocycles. The van der Waals surface area contributed by atoms with Crippen LogP contribution in [0.1, 0.15) is 44.2 Å². The van der Waals surface area contributed by atoms with Gasteiger partial charge in [-0.25, -0.2) is 0 Å². The molecular formula is C17H23N3O. The van der Waals surface area contributed by atoms with Gasteiger partial charge in [-0.15, -0.1) is 0 Å². The fraction of sp³-hybridized carbons (Fsp3) is 0.471. The second-order valence-electron chi connectivity index (χ2n) is 5.71. The quantitative estimate of drug-likeness (QED) is 0.931. The van der Waals surface area contributed by atoms with E-state index < -0.39 is 0 Å². The minimum atomic E-state index is 0.551. The van der Waals surface area contributed by atoms with Crippen LogP contribution in [0.15, 0.2) is 24.3 Å². The molecule has 0 unspecified atom stereocenters. The number of hydrogen-bond acceptors (Lipinski definition) is 3. The summed E-state index contributed by atoms with van der Waals surface area (Å²) in [5, 5.41) is 4.69. The molecule has 0 bridgehead atoms. The standard InChI is InChI=1S/C17H23N3O/c1-3-21-14-10-8-12(9-11-14)15-16(13-6-4-5-7-13)19-20(2)17(15)18/h8-11,13H,3-7,18H2,1-2H3. The topological polar surface area (TPSA) is 53.1 Å². The predicted octanol–water partition coefficient (Wildman–Crippen LogP) is 3.73. The molecule has 1 aromatic heterocycles. The molecule has 0 amide bonds. The van der Waals surface area contributed by atoms with Crippen molar-refractivity contribution in [2.45, 2.75) is 38.5 Å². The van der Waals surface area contributed by atoms with Crippen molar-refractivity contribution in [2.24, 2.45) is 7.05 Å². The minimum absolute atomic E-state index is 0.551. The molecule has 1 aliphatic carbocycles. The van der Waals surface area contributed by atoms with Gasteiger partial charge < -0.3 is 10.5 Å². The molecule has 1 heterocycles. The Labute approximate surface area is 125 Å². The molecule has 0 atom stereocenters. The molecule has 21 heavy (non-hydrogen) atoms. The normalized spacial score (nSPS) is 15.5. The third-order valence-electron chi connectivity index (χ3n) is 4.31. The Morgan fingerprint density at radius 1 is 1.24 bits per heavy atom. The summed E-state index contributed by atoms with van der Waals surface area (Å²) in [6.07, 6.45) is 5.04. The van der Waals surface area contributed by atoms with Crippen molar-refractivity contribution in [3.63, 3.8) is 0 Å². The molecule has 4 heteroatoms. The molecule has 1 fully saturated rings. The number of anilines is 1. The molecule has 0 saturated heterocycles. The first kappa shape index (κ1) is 14.0. The van der Waals surface area contributed by atoms with Crippen molar-refractivity contribution in [2.75, 3.05) is 12.3 Å². The number of nitrogen functional groups attached to an aromatic ring is 1. The van der Waals surface area contributed by atoms with E-state index in [1.165, 1.54) is 25.7 Å². The Morgan fingerprint density at radius 2 is 1.90 bits per heavy atom. The summed E-state index contributed by atoms with van der Waals surface area (Å²) in [5.74, 6) is 2.20. The lowest BCUT2D eigenvalue weighted by Gasteiger charge is -2.10. The third-order valence-corrected chi connectivity index (χ3v) is 4.31. The molecule has 1 aliphatic rings. The predicted molar refractivity (Wildman–Crippen MR) is 85.4 cm³/mol. The highest BCUT2D eigenvalue weighted by molar-refractivity contribution is 5.77. The van der Waals surface area contributed by atoms with E-state index in [2.05, 4.69) is 17.2 Å². The molecule has 1 aromatic carbocycles. The monoisotopic (exact) mass is 285 g/mol.